The van der Waals surface area contributed by atoms with Crippen molar-refractivity contribution in [2.45, 2.75) is 52.9 Å². The van der Waals surface area contributed by atoms with Gasteiger partial charge in [-0.05, 0) is 19.3 Å². The highest BCUT2D eigenvalue weighted by atomic mass is 16.4. The van der Waals surface area contributed by atoms with E-state index in [2.05, 4.69) is 29.1 Å². The van der Waals surface area contributed by atoms with Gasteiger partial charge in [0, 0.05) is 12.7 Å². The molecule has 5 heteroatoms. The first-order valence-electron chi connectivity index (χ1n) is 7.31. The Morgan fingerprint density at radius 3 is 2.60 bits per heavy atom. The van der Waals surface area contributed by atoms with Gasteiger partial charge in [-0.1, -0.05) is 39.5 Å². The topological polar surface area (TPSA) is 75.1 Å². The Bertz CT molecular complexity index is 433. The van der Waals surface area contributed by atoms with Crippen LogP contribution in [-0.2, 0) is 0 Å². The number of aromatic carboxylic acids is 1. The molecule has 1 aromatic rings. The molecule has 112 valence electrons. The summed E-state index contributed by atoms with van der Waals surface area (Å²) in [5.41, 5.74) is 0.649. The highest BCUT2D eigenvalue weighted by molar-refractivity contribution is 5.88. The van der Waals surface area contributed by atoms with Gasteiger partial charge in [-0.3, -0.25) is 0 Å². The Kier molecular flexibility index (Phi) is 6.98. The molecule has 1 rings (SSSR count). The minimum Gasteiger partial charge on any atom is -0.478 e. The van der Waals surface area contributed by atoms with E-state index in [1.165, 1.54) is 31.9 Å². The zero-order valence-electron chi connectivity index (χ0n) is 12.6. The molecule has 0 amide bonds. The molecule has 0 aliphatic carbocycles. The fourth-order valence-electron chi connectivity index (χ4n) is 1.99. The Morgan fingerprint density at radius 1 is 1.30 bits per heavy atom. The average Bonchev–Trinajstić information content (AvgIpc) is 2.37. The Hall–Kier alpha value is -1.65. The molecule has 0 radical (unpaired) electrons. The van der Waals surface area contributed by atoms with Gasteiger partial charge in [-0.25, -0.2) is 14.8 Å². The van der Waals surface area contributed by atoms with Gasteiger partial charge in [0.2, 0.25) is 5.95 Å². The summed E-state index contributed by atoms with van der Waals surface area (Å²) in [6.07, 6.45) is 7.49. The van der Waals surface area contributed by atoms with Gasteiger partial charge in [-0.15, -0.1) is 0 Å². The highest BCUT2D eigenvalue weighted by Gasteiger charge is 2.09. The molecule has 0 aliphatic rings. The smallest absolute Gasteiger partial charge is 0.339 e. The van der Waals surface area contributed by atoms with Crippen molar-refractivity contribution in [2.24, 2.45) is 5.92 Å². The first-order chi connectivity index (χ1) is 9.50. The molecule has 0 saturated carbocycles. The van der Waals surface area contributed by atoms with Gasteiger partial charge < -0.3 is 10.4 Å². The first kappa shape index (κ1) is 16.4. The molecular weight excluding hydrogens is 254 g/mol. The van der Waals surface area contributed by atoms with Crippen LogP contribution in [0.2, 0.25) is 0 Å². The van der Waals surface area contributed by atoms with E-state index in [0.717, 1.165) is 18.9 Å². The van der Waals surface area contributed by atoms with Crippen LogP contribution < -0.4 is 5.32 Å². The number of nitrogens with one attached hydrogen (secondary N) is 1. The van der Waals surface area contributed by atoms with Crippen molar-refractivity contribution >= 4 is 11.9 Å². The second-order valence-corrected chi connectivity index (χ2v) is 5.52. The molecule has 2 N–H and O–H groups in total. The maximum atomic E-state index is 10.8. The number of carbonyl (C=O) groups is 1. The second kappa shape index (κ2) is 8.51. The van der Waals surface area contributed by atoms with E-state index in [4.69, 9.17) is 5.11 Å². The number of hydrogen-bond acceptors (Lipinski definition) is 4. The van der Waals surface area contributed by atoms with E-state index in [1.807, 2.05) is 0 Å². The Labute approximate surface area is 120 Å². The van der Waals surface area contributed by atoms with Crippen molar-refractivity contribution in [3.63, 3.8) is 0 Å². The lowest BCUT2D eigenvalue weighted by molar-refractivity contribution is 0.0695. The molecule has 0 aliphatic heterocycles. The third kappa shape index (κ3) is 5.99. The predicted octanol–water partition coefficient (Wildman–Crippen LogP) is 3.50. The minimum atomic E-state index is -0.987. The molecule has 0 spiro atoms. The fraction of sp³-hybridized carbons (Fsp3) is 0.667. The molecule has 5 nitrogen and oxygen atoms in total. The standard InChI is InChI=1S/C15H25N3O2/c1-11(2)8-6-4-5-7-9-16-15-17-10-13(14(19)20)12(3)18-15/h10-11H,4-9H2,1-3H3,(H,19,20)(H,16,17,18). The Balaban J connectivity index is 2.22. The van der Waals surface area contributed by atoms with E-state index in [-0.39, 0.29) is 5.56 Å². The van der Waals surface area contributed by atoms with Crippen LogP contribution in [0.25, 0.3) is 0 Å². The SMILES string of the molecule is Cc1nc(NCCCCCCC(C)C)ncc1C(=O)O. The summed E-state index contributed by atoms with van der Waals surface area (Å²) in [5, 5.41) is 12.0. The summed E-state index contributed by atoms with van der Waals surface area (Å²) >= 11 is 0. The minimum absolute atomic E-state index is 0.157. The van der Waals surface area contributed by atoms with Gasteiger partial charge in [-0.2, -0.15) is 0 Å². The van der Waals surface area contributed by atoms with Crippen molar-refractivity contribution in [3.8, 4) is 0 Å². The normalized spacial score (nSPS) is 10.8. The van der Waals surface area contributed by atoms with Crippen LogP contribution >= 0.6 is 0 Å². The van der Waals surface area contributed by atoms with Crippen molar-refractivity contribution in [1.29, 1.82) is 0 Å². The van der Waals surface area contributed by atoms with Crippen LogP contribution in [0.3, 0.4) is 0 Å². The largest absolute Gasteiger partial charge is 0.478 e. The monoisotopic (exact) mass is 279 g/mol. The maximum Gasteiger partial charge on any atom is 0.339 e. The van der Waals surface area contributed by atoms with Crippen molar-refractivity contribution in [3.05, 3.63) is 17.5 Å². The molecule has 0 atom stereocenters. The quantitative estimate of drug-likeness (QED) is 0.677. The van der Waals surface area contributed by atoms with Crippen LogP contribution in [0.15, 0.2) is 6.20 Å². The number of rotatable bonds is 9. The number of unbranched alkanes of at least 4 members (excludes halogenated alkanes) is 3. The van der Waals surface area contributed by atoms with E-state index < -0.39 is 5.97 Å². The molecule has 0 saturated heterocycles. The van der Waals surface area contributed by atoms with Crippen LogP contribution in [0.1, 0.15) is 62.0 Å². The van der Waals surface area contributed by atoms with Crippen LogP contribution in [-0.4, -0.2) is 27.6 Å². The summed E-state index contributed by atoms with van der Waals surface area (Å²) in [5.74, 6) is 0.311. The van der Waals surface area contributed by atoms with Crippen LogP contribution in [0, 0.1) is 12.8 Å². The second-order valence-electron chi connectivity index (χ2n) is 5.52. The maximum absolute atomic E-state index is 10.8. The van der Waals surface area contributed by atoms with Crippen LogP contribution in [0.5, 0.6) is 0 Å². The summed E-state index contributed by atoms with van der Waals surface area (Å²) in [7, 11) is 0. The number of carboxylic acid groups (broad SMARTS) is 1. The lowest BCUT2D eigenvalue weighted by atomic mass is 10.0. The van der Waals surface area contributed by atoms with E-state index in [1.54, 1.807) is 6.92 Å². The lowest BCUT2D eigenvalue weighted by Gasteiger charge is -2.07. The zero-order chi connectivity index (χ0) is 15.0. The summed E-state index contributed by atoms with van der Waals surface area (Å²) in [6.45, 7) is 7.01. The number of aromatic nitrogens is 2. The third-order valence-electron chi connectivity index (χ3n) is 3.20. The summed E-state index contributed by atoms with van der Waals surface area (Å²) in [4.78, 5) is 19.0. The summed E-state index contributed by atoms with van der Waals surface area (Å²) < 4.78 is 0. The fourth-order valence-corrected chi connectivity index (χ4v) is 1.99. The molecule has 20 heavy (non-hydrogen) atoms. The van der Waals surface area contributed by atoms with Crippen molar-refractivity contribution < 1.29 is 9.90 Å². The van der Waals surface area contributed by atoms with Gasteiger partial charge in [0.05, 0.1) is 11.3 Å². The van der Waals surface area contributed by atoms with E-state index in [0.29, 0.717) is 11.6 Å². The molecular formula is C15H25N3O2. The van der Waals surface area contributed by atoms with Gasteiger partial charge >= 0.3 is 5.97 Å². The van der Waals surface area contributed by atoms with Gasteiger partial charge in [0.15, 0.2) is 0 Å². The lowest BCUT2D eigenvalue weighted by Crippen LogP contribution is -2.09. The number of nitrogens with zero attached hydrogens (tertiary/aromatic N) is 2. The number of aryl methyl sites for hydroxylation is 1. The Morgan fingerprint density at radius 2 is 2.00 bits per heavy atom. The van der Waals surface area contributed by atoms with Crippen molar-refractivity contribution in [2.75, 3.05) is 11.9 Å². The molecule has 0 aromatic carbocycles. The zero-order valence-corrected chi connectivity index (χ0v) is 12.6. The number of hydrogen-bond donors (Lipinski definition) is 2. The number of carboxylic acids is 1. The third-order valence-corrected chi connectivity index (χ3v) is 3.20. The molecule has 1 aromatic heterocycles. The molecule has 1 heterocycles. The average molecular weight is 279 g/mol. The van der Waals surface area contributed by atoms with Crippen LogP contribution in [0.4, 0.5) is 5.95 Å². The molecule has 0 bridgehead atoms. The van der Waals surface area contributed by atoms with E-state index >= 15 is 0 Å². The van der Waals surface area contributed by atoms with E-state index in [9.17, 15) is 4.79 Å². The highest BCUT2D eigenvalue weighted by Crippen LogP contribution is 2.10. The van der Waals surface area contributed by atoms with Crippen molar-refractivity contribution in [1.82, 2.24) is 9.97 Å². The summed E-state index contributed by atoms with van der Waals surface area (Å²) in [6, 6.07) is 0. The van der Waals surface area contributed by atoms with Gasteiger partial charge in [0.25, 0.3) is 0 Å². The number of anilines is 1. The van der Waals surface area contributed by atoms with Gasteiger partial charge in [0.1, 0.15) is 0 Å². The predicted molar refractivity (Wildman–Crippen MR) is 80.1 cm³/mol. The molecule has 0 unspecified atom stereocenters. The molecule has 0 fully saturated rings. The first-order valence-corrected chi connectivity index (χ1v) is 7.31.